The molecule has 1 aromatic rings. The molecule has 1 amide bonds. The van der Waals surface area contributed by atoms with E-state index >= 15 is 0 Å². The Labute approximate surface area is 91.8 Å². The number of nitrogens with zero attached hydrogens (tertiary/aromatic N) is 1. The fraction of sp³-hybridized carbons (Fsp3) is 0.300. The number of aromatic nitrogens is 1. The molecule has 0 saturated carbocycles. The first-order chi connectivity index (χ1) is 6.63. The monoisotopic (exact) mass is 255 g/mol. The third kappa shape index (κ3) is 3.10. The van der Waals surface area contributed by atoms with Crippen LogP contribution in [0.15, 0.2) is 22.9 Å². The van der Waals surface area contributed by atoms with Crippen molar-refractivity contribution < 1.29 is 4.79 Å². The highest BCUT2D eigenvalue weighted by molar-refractivity contribution is 9.10. The Bertz CT molecular complexity index is 328. The molecule has 75 valence electrons. The summed E-state index contributed by atoms with van der Waals surface area (Å²) >= 11 is 3.29. The van der Waals surface area contributed by atoms with Gasteiger partial charge in [-0.15, -0.1) is 0 Å². The number of nitrogens with two attached hydrogens (primary N) is 1. The number of rotatable bonds is 4. The van der Waals surface area contributed by atoms with E-state index < -0.39 is 0 Å². The zero-order valence-electron chi connectivity index (χ0n) is 7.96. The molecule has 0 saturated heterocycles. The first-order valence-corrected chi connectivity index (χ1v) is 5.17. The summed E-state index contributed by atoms with van der Waals surface area (Å²) in [5.74, 6) is 0.746. The number of halogens is 1. The number of primary amides is 1. The van der Waals surface area contributed by atoms with E-state index in [-0.39, 0.29) is 5.91 Å². The van der Waals surface area contributed by atoms with E-state index in [9.17, 15) is 4.79 Å². The second-order valence-corrected chi connectivity index (χ2v) is 3.78. The van der Waals surface area contributed by atoms with E-state index in [0.29, 0.717) is 6.42 Å². The lowest BCUT2D eigenvalue weighted by atomic mass is 9.94. The Morgan fingerprint density at radius 2 is 2.36 bits per heavy atom. The summed E-state index contributed by atoms with van der Waals surface area (Å²) in [5, 5.41) is 0. The lowest BCUT2D eigenvalue weighted by Gasteiger charge is -2.12. The van der Waals surface area contributed by atoms with Crippen LogP contribution < -0.4 is 5.73 Å². The summed E-state index contributed by atoms with van der Waals surface area (Å²) in [7, 11) is 0. The molecule has 1 aromatic heterocycles. The molecular weight excluding hydrogens is 244 g/mol. The van der Waals surface area contributed by atoms with Crippen molar-refractivity contribution >= 4 is 21.8 Å². The standard InChI is InChI=1S/C10H12BrN2O/c1-2-7(6-10(12)14)8-3-4-13-9(11)5-8/h3-5H,2,6H2,1H3,(H2,12,14). The first kappa shape index (κ1) is 11.2. The number of carbonyl (C=O) groups is 1. The van der Waals surface area contributed by atoms with Crippen molar-refractivity contribution in [3.05, 3.63) is 34.4 Å². The van der Waals surface area contributed by atoms with Crippen LogP contribution in [0.5, 0.6) is 0 Å². The SMILES string of the molecule is CC[C](CC(N)=O)c1ccnc(Br)c1. The van der Waals surface area contributed by atoms with Crippen LogP contribution in [0.25, 0.3) is 0 Å². The van der Waals surface area contributed by atoms with Gasteiger partial charge in [0.15, 0.2) is 0 Å². The van der Waals surface area contributed by atoms with Crippen LogP contribution in [0.2, 0.25) is 0 Å². The number of pyridine rings is 1. The summed E-state index contributed by atoms with van der Waals surface area (Å²) in [4.78, 5) is 14.8. The molecule has 4 heteroatoms. The minimum Gasteiger partial charge on any atom is -0.370 e. The van der Waals surface area contributed by atoms with Crippen molar-refractivity contribution in [3.63, 3.8) is 0 Å². The molecule has 1 radical (unpaired) electrons. The van der Waals surface area contributed by atoms with Gasteiger partial charge in [0.2, 0.25) is 5.91 Å². The zero-order valence-corrected chi connectivity index (χ0v) is 9.54. The number of hydrogen-bond donors (Lipinski definition) is 1. The van der Waals surface area contributed by atoms with E-state index in [2.05, 4.69) is 20.9 Å². The van der Waals surface area contributed by atoms with E-state index in [4.69, 9.17) is 5.73 Å². The predicted molar refractivity (Wildman–Crippen MR) is 58.4 cm³/mol. The van der Waals surface area contributed by atoms with Crippen molar-refractivity contribution in [1.29, 1.82) is 0 Å². The summed E-state index contributed by atoms with van der Waals surface area (Å²) in [6.45, 7) is 2.01. The number of hydrogen-bond acceptors (Lipinski definition) is 2. The number of carbonyl (C=O) groups excluding carboxylic acids is 1. The molecular formula is C10H12BrN2O. The third-order valence-electron chi connectivity index (χ3n) is 1.95. The Morgan fingerprint density at radius 1 is 1.64 bits per heavy atom. The molecule has 0 atom stereocenters. The summed E-state index contributed by atoms with van der Waals surface area (Å²) < 4.78 is 0.769. The maximum atomic E-state index is 10.8. The van der Waals surface area contributed by atoms with Gasteiger partial charge in [0.25, 0.3) is 0 Å². The van der Waals surface area contributed by atoms with Crippen LogP contribution >= 0.6 is 15.9 Å². The van der Waals surface area contributed by atoms with E-state index in [1.54, 1.807) is 6.20 Å². The molecule has 0 unspecified atom stereocenters. The van der Waals surface area contributed by atoms with Gasteiger partial charge in [-0.2, -0.15) is 0 Å². The van der Waals surface area contributed by atoms with Gasteiger partial charge in [-0.3, -0.25) is 4.79 Å². The largest absolute Gasteiger partial charge is 0.370 e. The lowest BCUT2D eigenvalue weighted by Crippen LogP contribution is -2.15. The van der Waals surface area contributed by atoms with Crippen LogP contribution in [0, 0.1) is 5.92 Å². The molecule has 2 N–H and O–H groups in total. The first-order valence-electron chi connectivity index (χ1n) is 4.38. The van der Waals surface area contributed by atoms with E-state index in [0.717, 1.165) is 22.5 Å². The van der Waals surface area contributed by atoms with Crippen LogP contribution in [-0.2, 0) is 4.79 Å². The zero-order chi connectivity index (χ0) is 10.6. The van der Waals surface area contributed by atoms with Gasteiger partial charge in [-0.05, 0) is 40.0 Å². The normalized spacial score (nSPS) is 10.5. The van der Waals surface area contributed by atoms with E-state index in [1.165, 1.54) is 0 Å². The molecule has 0 aromatic carbocycles. The highest BCUT2D eigenvalue weighted by Gasteiger charge is 2.13. The Kier molecular flexibility index (Phi) is 4.07. The lowest BCUT2D eigenvalue weighted by molar-refractivity contribution is -0.117. The van der Waals surface area contributed by atoms with Crippen molar-refractivity contribution in [3.8, 4) is 0 Å². The van der Waals surface area contributed by atoms with Gasteiger partial charge in [-0.25, -0.2) is 4.98 Å². The topological polar surface area (TPSA) is 56.0 Å². The van der Waals surface area contributed by atoms with Crippen molar-refractivity contribution in [2.45, 2.75) is 19.8 Å². The molecule has 14 heavy (non-hydrogen) atoms. The average molecular weight is 256 g/mol. The molecule has 0 aliphatic rings. The fourth-order valence-corrected chi connectivity index (χ4v) is 1.63. The maximum absolute atomic E-state index is 10.8. The molecule has 0 fully saturated rings. The fourth-order valence-electron chi connectivity index (χ4n) is 1.26. The second-order valence-electron chi connectivity index (χ2n) is 2.97. The second kappa shape index (κ2) is 5.10. The van der Waals surface area contributed by atoms with Gasteiger partial charge in [0, 0.05) is 18.5 Å². The molecule has 0 aliphatic carbocycles. The highest BCUT2D eigenvalue weighted by atomic mass is 79.9. The summed E-state index contributed by atoms with van der Waals surface area (Å²) in [5.41, 5.74) is 6.18. The molecule has 0 bridgehead atoms. The molecule has 0 aliphatic heterocycles. The van der Waals surface area contributed by atoms with Gasteiger partial charge >= 0.3 is 0 Å². The van der Waals surface area contributed by atoms with Crippen LogP contribution in [0.3, 0.4) is 0 Å². The Balaban J connectivity index is 2.83. The van der Waals surface area contributed by atoms with Gasteiger partial charge in [0.1, 0.15) is 4.60 Å². The minimum atomic E-state index is -0.296. The van der Waals surface area contributed by atoms with E-state index in [1.807, 2.05) is 19.1 Å². The molecule has 3 nitrogen and oxygen atoms in total. The molecule has 0 spiro atoms. The molecule has 1 heterocycles. The summed E-state index contributed by atoms with van der Waals surface area (Å²) in [6, 6.07) is 3.77. The van der Waals surface area contributed by atoms with Gasteiger partial charge < -0.3 is 5.73 Å². The van der Waals surface area contributed by atoms with Crippen LogP contribution in [0.1, 0.15) is 25.3 Å². The van der Waals surface area contributed by atoms with Crippen molar-refractivity contribution in [2.24, 2.45) is 5.73 Å². The highest BCUT2D eigenvalue weighted by Crippen LogP contribution is 2.23. The van der Waals surface area contributed by atoms with Crippen LogP contribution in [0.4, 0.5) is 0 Å². The van der Waals surface area contributed by atoms with Crippen molar-refractivity contribution in [2.75, 3.05) is 0 Å². The Morgan fingerprint density at radius 3 is 2.86 bits per heavy atom. The predicted octanol–water partition coefficient (Wildman–Crippen LogP) is 2.05. The maximum Gasteiger partial charge on any atom is 0.218 e. The van der Waals surface area contributed by atoms with Gasteiger partial charge in [0.05, 0.1) is 0 Å². The number of amides is 1. The van der Waals surface area contributed by atoms with Crippen LogP contribution in [-0.4, -0.2) is 10.9 Å². The minimum absolute atomic E-state index is 0.296. The molecule has 1 rings (SSSR count). The Hall–Kier alpha value is -0.900. The third-order valence-corrected chi connectivity index (χ3v) is 2.38. The smallest absolute Gasteiger partial charge is 0.218 e. The summed E-state index contributed by atoms with van der Waals surface area (Å²) in [6.07, 6.45) is 2.84. The quantitative estimate of drug-likeness (QED) is 0.838. The van der Waals surface area contributed by atoms with Gasteiger partial charge in [-0.1, -0.05) is 6.92 Å². The van der Waals surface area contributed by atoms with Crippen molar-refractivity contribution in [1.82, 2.24) is 4.98 Å². The average Bonchev–Trinajstić information content (AvgIpc) is 2.14.